The molecule has 0 aliphatic carbocycles. The number of benzene rings is 2. The molecule has 5 rings (SSSR count). The van der Waals surface area contributed by atoms with Crippen LogP contribution in [0, 0.1) is 19.7 Å². The van der Waals surface area contributed by atoms with Gasteiger partial charge in [0, 0.05) is 14.9 Å². The van der Waals surface area contributed by atoms with Gasteiger partial charge in [0.1, 0.15) is 17.4 Å². The number of carbonyl (C=O) groups is 1. The molecule has 0 N–H and O–H groups in total. The fourth-order valence-corrected chi connectivity index (χ4v) is 4.99. The quantitative estimate of drug-likeness (QED) is 0.375. The molecular weight excluding hydrogens is 471 g/mol. The van der Waals surface area contributed by atoms with Gasteiger partial charge in [0.2, 0.25) is 5.76 Å². The average molecular weight is 485 g/mol. The van der Waals surface area contributed by atoms with Gasteiger partial charge in [-0.1, -0.05) is 34.1 Å². The molecule has 1 amide bonds. The zero-order valence-corrected chi connectivity index (χ0v) is 18.3. The Morgan fingerprint density at radius 1 is 1.17 bits per heavy atom. The van der Waals surface area contributed by atoms with Gasteiger partial charge in [0.05, 0.1) is 16.6 Å². The predicted molar refractivity (Wildman–Crippen MR) is 117 cm³/mol. The van der Waals surface area contributed by atoms with Gasteiger partial charge in [0.15, 0.2) is 10.6 Å². The summed E-state index contributed by atoms with van der Waals surface area (Å²) in [6.45, 7) is 3.74. The highest BCUT2D eigenvalue weighted by Gasteiger charge is 2.45. The summed E-state index contributed by atoms with van der Waals surface area (Å²) in [4.78, 5) is 33.7. The standard InChI is InChI=1S/C22H14BrFN2O3S/c1-10-11(2)30-22(25-10)26-18(13-5-3-4-6-15(13)24)17-19(27)14-9-12(23)7-8-16(14)29-20(17)21(26)28/h3-9,18H,1-2H3/t18-/m0/s1. The Balaban J connectivity index is 1.85. The Labute approximate surface area is 182 Å². The molecule has 0 unspecified atom stereocenters. The second-order valence-corrected chi connectivity index (χ2v) is 9.15. The number of rotatable bonds is 2. The second kappa shape index (κ2) is 6.85. The molecular formula is C22H14BrFN2O3S. The fourth-order valence-electron chi connectivity index (χ4n) is 3.69. The topological polar surface area (TPSA) is 63.4 Å². The molecule has 0 saturated carbocycles. The van der Waals surface area contributed by atoms with Crippen LogP contribution >= 0.6 is 27.3 Å². The number of fused-ring (bicyclic) bond motifs is 2. The van der Waals surface area contributed by atoms with Gasteiger partial charge >= 0.3 is 0 Å². The molecule has 150 valence electrons. The zero-order chi connectivity index (χ0) is 21.2. The third-order valence-corrected chi connectivity index (χ3v) is 6.82. The molecule has 0 saturated heterocycles. The first-order valence-electron chi connectivity index (χ1n) is 9.15. The first-order valence-corrected chi connectivity index (χ1v) is 10.8. The minimum atomic E-state index is -0.960. The van der Waals surface area contributed by atoms with E-state index < -0.39 is 17.8 Å². The Morgan fingerprint density at radius 2 is 1.93 bits per heavy atom. The Morgan fingerprint density at radius 3 is 2.63 bits per heavy atom. The van der Waals surface area contributed by atoms with Crippen molar-refractivity contribution < 1.29 is 13.6 Å². The van der Waals surface area contributed by atoms with Crippen LogP contribution < -0.4 is 10.3 Å². The molecule has 0 fully saturated rings. The minimum Gasteiger partial charge on any atom is -0.450 e. The number of amides is 1. The number of carbonyl (C=O) groups excluding carboxylic acids is 1. The summed E-state index contributed by atoms with van der Waals surface area (Å²) in [6, 6.07) is 10.2. The van der Waals surface area contributed by atoms with E-state index in [1.807, 2.05) is 13.8 Å². The van der Waals surface area contributed by atoms with Crippen LogP contribution in [0.25, 0.3) is 11.0 Å². The summed E-state index contributed by atoms with van der Waals surface area (Å²) >= 11 is 4.69. The highest BCUT2D eigenvalue weighted by Crippen LogP contribution is 2.43. The third kappa shape index (κ3) is 2.74. The number of hydrogen-bond acceptors (Lipinski definition) is 5. The van der Waals surface area contributed by atoms with Crippen LogP contribution in [0.1, 0.15) is 38.3 Å². The van der Waals surface area contributed by atoms with Crippen LogP contribution in [0.2, 0.25) is 0 Å². The minimum absolute atomic E-state index is 0.0754. The molecule has 0 radical (unpaired) electrons. The van der Waals surface area contributed by atoms with Gasteiger partial charge < -0.3 is 4.42 Å². The molecule has 0 bridgehead atoms. The summed E-state index contributed by atoms with van der Waals surface area (Å²) in [5.41, 5.74) is 1.06. The summed E-state index contributed by atoms with van der Waals surface area (Å²) in [5, 5.41) is 0.727. The lowest BCUT2D eigenvalue weighted by Gasteiger charge is -2.22. The summed E-state index contributed by atoms with van der Waals surface area (Å²) in [7, 11) is 0. The van der Waals surface area contributed by atoms with E-state index in [9.17, 15) is 14.0 Å². The van der Waals surface area contributed by atoms with Crippen LogP contribution in [-0.4, -0.2) is 10.9 Å². The van der Waals surface area contributed by atoms with Crippen LogP contribution in [0.15, 0.2) is 56.1 Å². The van der Waals surface area contributed by atoms with Crippen molar-refractivity contribution in [2.75, 3.05) is 4.90 Å². The maximum atomic E-state index is 14.9. The monoisotopic (exact) mass is 484 g/mol. The van der Waals surface area contributed by atoms with E-state index in [0.717, 1.165) is 10.6 Å². The molecule has 1 aliphatic heterocycles. The molecule has 5 nitrogen and oxygen atoms in total. The van der Waals surface area contributed by atoms with Crippen LogP contribution in [0.5, 0.6) is 0 Å². The number of hydrogen-bond donors (Lipinski definition) is 0. The average Bonchev–Trinajstić information content (AvgIpc) is 3.19. The maximum Gasteiger partial charge on any atom is 0.297 e. The SMILES string of the molecule is Cc1nc(N2C(=O)c3oc4ccc(Br)cc4c(=O)c3[C@@H]2c2ccccc2F)sc1C. The number of halogens is 2. The van der Waals surface area contributed by atoms with E-state index in [2.05, 4.69) is 20.9 Å². The number of aryl methyl sites for hydroxylation is 2. The Kier molecular flexibility index (Phi) is 4.37. The van der Waals surface area contributed by atoms with Crippen LogP contribution in [0.4, 0.5) is 9.52 Å². The Bertz CT molecular complexity index is 1390. The number of anilines is 1. The van der Waals surface area contributed by atoms with Gasteiger partial charge in [-0.05, 0) is 38.1 Å². The predicted octanol–water partition coefficient (Wildman–Crippen LogP) is 5.52. The number of aromatic nitrogens is 1. The third-order valence-electron chi connectivity index (χ3n) is 5.26. The van der Waals surface area contributed by atoms with Crippen molar-refractivity contribution >= 4 is 49.3 Å². The molecule has 3 heterocycles. The highest BCUT2D eigenvalue weighted by atomic mass is 79.9. The van der Waals surface area contributed by atoms with E-state index in [0.29, 0.717) is 20.6 Å². The molecule has 1 atom stereocenters. The molecule has 4 aromatic rings. The van der Waals surface area contributed by atoms with Gasteiger partial charge in [-0.2, -0.15) is 0 Å². The number of nitrogens with zero attached hydrogens (tertiary/aromatic N) is 2. The molecule has 2 aromatic heterocycles. The van der Waals surface area contributed by atoms with E-state index in [-0.39, 0.29) is 22.3 Å². The van der Waals surface area contributed by atoms with Crippen molar-refractivity contribution in [2.45, 2.75) is 19.9 Å². The second-order valence-electron chi connectivity index (χ2n) is 7.05. The van der Waals surface area contributed by atoms with E-state index in [1.165, 1.54) is 22.3 Å². The van der Waals surface area contributed by atoms with Crippen molar-refractivity contribution in [3.63, 3.8) is 0 Å². The molecule has 2 aromatic carbocycles. The van der Waals surface area contributed by atoms with Crippen molar-refractivity contribution in [3.05, 3.63) is 90.4 Å². The van der Waals surface area contributed by atoms with Crippen molar-refractivity contribution in [3.8, 4) is 0 Å². The lowest BCUT2D eigenvalue weighted by atomic mass is 9.98. The lowest BCUT2D eigenvalue weighted by Crippen LogP contribution is -2.30. The van der Waals surface area contributed by atoms with Gasteiger partial charge in [-0.3, -0.25) is 14.5 Å². The molecule has 30 heavy (non-hydrogen) atoms. The molecule has 1 aliphatic rings. The van der Waals surface area contributed by atoms with Crippen molar-refractivity contribution in [2.24, 2.45) is 0 Å². The molecule has 8 heteroatoms. The van der Waals surface area contributed by atoms with E-state index >= 15 is 0 Å². The first-order chi connectivity index (χ1) is 14.4. The smallest absolute Gasteiger partial charge is 0.297 e. The van der Waals surface area contributed by atoms with Crippen LogP contribution in [0.3, 0.4) is 0 Å². The van der Waals surface area contributed by atoms with E-state index in [4.69, 9.17) is 4.42 Å². The van der Waals surface area contributed by atoms with Crippen LogP contribution in [-0.2, 0) is 0 Å². The summed E-state index contributed by atoms with van der Waals surface area (Å²) < 4.78 is 21.4. The largest absolute Gasteiger partial charge is 0.450 e. The Hall–Kier alpha value is -2.84. The maximum absolute atomic E-state index is 14.9. The highest BCUT2D eigenvalue weighted by molar-refractivity contribution is 9.10. The normalized spacial score (nSPS) is 15.8. The summed E-state index contributed by atoms with van der Waals surface area (Å²) in [5.74, 6) is -1.09. The van der Waals surface area contributed by atoms with Gasteiger partial charge in [0.25, 0.3) is 5.91 Å². The van der Waals surface area contributed by atoms with E-state index in [1.54, 1.807) is 36.4 Å². The summed E-state index contributed by atoms with van der Waals surface area (Å²) in [6.07, 6.45) is 0. The van der Waals surface area contributed by atoms with Gasteiger partial charge in [-0.25, -0.2) is 9.37 Å². The van der Waals surface area contributed by atoms with Gasteiger partial charge in [-0.15, -0.1) is 11.3 Å². The molecule has 0 spiro atoms. The fraction of sp³-hybridized carbons (Fsp3) is 0.136. The first kappa shape index (κ1) is 19.1. The van der Waals surface area contributed by atoms with Crippen molar-refractivity contribution in [1.82, 2.24) is 4.98 Å². The number of thiazole rings is 1. The van der Waals surface area contributed by atoms with Crippen molar-refractivity contribution in [1.29, 1.82) is 0 Å². The zero-order valence-electron chi connectivity index (χ0n) is 15.9. The lowest BCUT2D eigenvalue weighted by molar-refractivity contribution is 0.0970.